The van der Waals surface area contributed by atoms with E-state index in [1.54, 1.807) is 11.8 Å². The van der Waals surface area contributed by atoms with E-state index in [1.807, 2.05) is 0 Å². The molecule has 0 radical (unpaired) electrons. The van der Waals surface area contributed by atoms with Gasteiger partial charge >= 0.3 is 5.97 Å². The second kappa shape index (κ2) is 11.5. The van der Waals surface area contributed by atoms with E-state index in [4.69, 9.17) is 4.74 Å². The summed E-state index contributed by atoms with van der Waals surface area (Å²) in [6.45, 7) is 10.4. The molecule has 0 unspecified atom stereocenters. The van der Waals surface area contributed by atoms with Gasteiger partial charge in [0.05, 0.1) is 6.61 Å². The van der Waals surface area contributed by atoms with Crippen LogP contribution in [0.1, 0.15) is 59.3 Å². The molecule has 0 aromatic carbocycles. The Labute approximate surface area is 123 Å². The smallest absolute Gasteiger partial charge is 0.328 e. The van der Waals surface area contributed by atoms with Gasteiger partial charge in [-0.2, -0.15) is 0 Å². The van der Waals surface area contributed by atoms with Gasteiger partial charge in [-0.15, -0.1) is 0 Å². The molecule has 0 aliphatic rings. The molecule has 0 bridgehead atoms. The molecule has 0 spiro atoms. The Bertz CT molecular complexity index is 302. The lowest BCUT2D eigenvalue weighted by atomic mass is 10.2. The fourth-order valence-corrected chi connectivity index (χ4v) is 1.92. The Hall–Kier alpha value is -1.32. The molecule has 0 saturated heterocycles. The van der Waals surface area contributed by atoms with Crippen LogP contribution in [0.4, 0.5) is 0 Å². The summed E-state index contributed by atoms with van der Waals surface area (Å²) in [5.74, 6) is -0.535. The third kappa shape index (κ3) is 7.31. The molecule has 0 rings (SSSR count). The van der Waals surface area contributed by atoms with Gasteiger partial charge in [0.25, 0.3) is 0 Å². The molecular formula is C16H29NO3. The van der Waals surface area contributed by atoms with Crippen molar-refractivity contribution in [1.82, 2.24) is 4.90 Å². The molecule has 20 heavy (non-hydrogen) atoms. The molecule has 4 nitrogen and oxygen atoms in total. The molecule has 1 atom stereocenters. The number of carbonyl (C=O) groups is 2. The molecule has 0 aromatic heterocycles. The number of rotatable bonds is 11. The number of esters is 1. The van der Waals surface area contributed by atoms with Gasteiger partial charge in [-0.25, -0.2) is 4.79 Å². The van der Waals surface area contributed by atoms with Crippen LogP contribution in [0, 0.1) is 0 Å². The summed E-state index contributed by atoms with van der Waals surface area (Å²) in [5, 5.41) is 0. The quantitative estimate of drug-likeness (QED) is 0.332. The number of amides is 1. The van der Waals surface area contributed by atoms with E-state index in [1.165, 1.54) is 6.08 Å². The van der Waals surface area contributed by atoms with E-state index in [0.29, 0.717) is 13.2 Å². The fraction of sp³-hybridized carbons (Fsp3) is 0.750. The molecule has 0 aliphatic heterocycles. The third-order valence-corrected chi connectivity index (χ3v) is 3.26. The fourth-order valence-electron chi connectivity index (χ4n) is 1.92. The van der Waals surface area contributed by atoms with Crippen molar-refractivity contribution >= 4 is 11.9 Å². The summed E-state index contributed by atoms with van der Waals surface area (Å²) in [5.41, 5.74) is 0. The average Bonchev–Trinajstić information content (AvgIpc) is 2.46. The molecule has 0 heterocycles. The summed E-state index contributed by atoms with van der Waals surface area (Å²) >= 11 is 0. The minimum atomic E-state index is -0.543. The summed E-state index contributed by atoms with van der Waals surface area (Å²) in [6, 6.07) is -0.543. The van der Waals surface area contributed by atoms with Crippen molar-refractivity contribution in [3.05, 3.63) is 12.7 Å². The summed E-state index contributed by atoms with van der Waals surface area (Å²) < 4.78 is 5.22. The Morgan fingerprint density at radius 1 is 1.15 bits per heavy atom. The predicted octanol–water partition coefficient (Wildman–Crippen LogP) is 3.31. The SMILES string of the molecule is C=CC(=O)N(CCCCC)[C@@H](C)C(=O)OCCCCC. The highest BCUT2D eigenvalue weighted by Gasteiger charge is 2.24. The van der Waals surface area contributed by atoms with Crippen LogP contribution >= 0.6 is 0 Å². The zero-order chi connectivity index (χ0) is 15.4. The lowest BCUT2D eigenvalue weighted by molar-refractivity contribution is -0.153. The largest absolute Gasteiger partial charge is 0.464 e. The van der Waals surface area contributed by atoms with E-state index >= 15 is 0 Å². The van der Waals surface area contributed by atoms with Crippen LogP contribution in [0.3, 0.4) is 0 Å². The van der Waals surface area contributed by atoms with Crippen LogP contribution in [0.2, 0.25) is 0 Å². The minimum Gasteiger partial charge on any atom is -0.464 e. The Morgan fingerprint density at radius 2 is 1.75 bits per heavy atom. The number of carbonyl (C=O) groups excluding carboxylic acids is 2. The number of unbranched alkanes of at least 4 members (excludes halogenated alkanes) is 4. The van der Waals surface area contributed by atoms with E-state index in [9.17, 15) is 9.59 Å². The van der Waals surface area contributed by atoms with Gasteiger partial charge in [-0.1, -0.05) is 46.1 Å². The summed E-state index contributed by atoms with van der Waals surface area (Å²) in [4.78, 5) is 25.3. The average molecular weight is 283 g/mol. The van der Waals surface area contributed by atoms with Crippen LogP contribution < -0.4 is 0 Å². The van der Waals surface area contributed by atoms with Crippen LogP contribution in [0.25, 0.3) is 0 Å². The van der Waals surface area contributed by atoms with E-state index in [-0.39, 0.29) is 11.9 Å². The third-order valence-electron chi connectivity index (χ3n) is 3.26. The predicted molar refractivity (Wildman–Crippen MR) is 81.4 cm³/mol. The molecule has 1 amide bonds. The van der Waals surface area contributed by atoms with Crippen molar-refractivity contribution in [1.29, 1.82) is 0 Å². The van der Waals surface area contributed by atoms with Gasteiger partial charge in [0.2, 0.25) is 5.91 Å². The Morgan fingerprint density at radius 3 is 2.30 bits per heavy atom. The highest BCUT2D eigenvalue weighted by Crippen LogP contribution is 2.07. The molecule has 116 valence electrons. The molecule has 0 N–H and O–H groups in total. The maximum absolute atomic E-state index is 12.0. The van der Waals surface area contributed by atoms with Gasteiger partial charge in [0.1, 0.15) is 6.04 Å². The lowest BCUT2D eigenvalue weighted by Gasteiger charge is -2.26. The van der Waals surface area contributed by atoms with Crippen LogP contribution in [0.5, 0.6) is 0 Å². The zero-order valence-electron chi connectivity index (χ0n) is 13.2. The maximum atomic E-state index is 12.0. The number of hydrogen-bond donors (Lipinski definition) is 0. The van der Waals surface area contributed by atoms with Crippen molar-refractivity contribution in [3.63, 3.8) is 0 Å². The lowest BCUT2D eigenvalue weighted by Crippen LogP contribution is -2.44. The minimum absolute atomic E-state index is 0.209. The molecule has 0 aliphatic carbocycles. The number of nitrogens with zero attached hydrogens (tertiary/aromatic N) is 1. The van der Waals surface area contributed by atoms with Gasteiger partial charge in [-0.3, -0.25) is 4.79 Å². The molecule has 4 heteroatoms. The first-order valence-corrected chi connectivity index (χ1v) is 7.68. The highest BCUT2D eigenvalue weighted by atomic mass is 16.5. The molecule has 0 fully saturated rings. The second-order valence-corrected chi connectivity index (χ2v) is 4.99. The first-order valence-electron chi connectivity index (χ1n) is 7.68. The van der Waals surface area contributed by atoms with Crippen LogP contribution in [-0.4, -0.2) is 36.0 Å². The second-order valence-electron chi connectivity index (χ2n) is 4.99. The van der Waals surface area contributed by atoms with E-state index < -0.39 is 6.04 Å². The van der Waals surface area contributed by atoms with Gasteiger partial charge in [0, 0.05) is 6.54 Å². The highest BCUT2D eigenvalue weighted by molar-refractivity contribution is 5.91. The van der Waals surface area contributed by atoms with Crippen molar-refractivity contribution in [2.45, 2.75) is 65.3 Å². The van der Waals surface area contributed by atoms with E-state index in [2.05, 4.69) is 20.4 Å². The topological polar surface area (TPSA) is 46.6 Å². The number of hydrogen-bond acceptors (Lipinski definition) is 3. The Balaban J connectivity index is 4.36. The maximum Gasteiger partial charge on any atom is 0.328 e. The summed E-state index contributed by atoms with van der Waals surface area (Å²) in [6.07, 6.45) is 7.28. The normalized spacial score (nSPS) is 11.8. The summed E-state index contributed by atoms with van der Waals surface area (Å²) in [7, 11) is 0. The van der Waals surface area contributed by atoms with Crippen molar-refractivity contribution in [2.24, 2.45) is 0 Å². The van der Waals surface area contributed by atoms with E-state index in [0.717, 1.165) is 38.5 Å². The number of ether oxygens (including phenoxy) is 1. The van der Waals surface area contributed by atoms with Gasteiger partial charge in [0.15, 0.2) is 0 Å². The van der Waals surface area contributed by atoms with Gasteiger partial charge < -0.3 is 9.64 Å². The standard InChI is InChI=1S/C16H29NO3/c1-5-8-10-12-17(15(18)7-3)14(4)16(19)20-13-11-9-6-2/h7,14H,3,5-6,8-13H2,1-2,4H3/t14-/m0/s1. The van der Waals surface area contributed by atoms with Crippen molar-refractivity contribution in [3.8, 4) is 0 Å². The first-order chi connectivity index (χ1) is 9.58. The van der Waals surface area contributed by atoms with Gasteiger partial charge in [-0.05, 0) is 25.8 Å². The van der Waals surface area contributed by atoms with Crippen molar-refractivity contribution in [2.75, 3.05) is 13.2 Å². The first kappa shape index (κ1) is 18.7. The van der Waals surface area contributed by atoms with Crippen LogP contribution in [0.15, 0.2) is 12.7 Å². The molecule has 0 aromatic rings. The zero-order valence-corrected chi connectivity index (χ0v) is 13.2. The Kier molecular flexibility index (Phi) is 10.7. The van der Waals surface area contributed by atoms with Crippen LogP contribution in [-0.2, 0) is 14.3 Å². The molecular weight excluding hydrogens is 254 g/mol. The monoisotopic (exact) mass is 283 g/mol. The van der Waals surface area contributed by atoms with Crippen molar-refractivity contribution < 1.29 is 14.3 Å². The molecule has 0 saturated carbocycles.